The van der Waals surface area contributed by atoms with Gasteiger partial charge in [0.1, 0.15) is 11.4 Å². The van der Waals surface area contributed by atoms with Crippen LogP contribution in [0.15, 0.2) is 48.5 Å². The Kier molecular flexibility index (Phi) is 5.43. The molecule has 1 heterocycles. The van der Waals surface area contributed by atoms with Gasteiger partial charge in [-0.15, -0.1) is 0 Å². The molecule has 0 aliphatic carbocycles. The zero-order chi connectivity index (χ0) is 19.6. The summed E-state index contributed by atoms with van der Waals surface area (Å²) >= 11 is 12.1. The summed E-state index contributed by atoms with van der Waals surface area (Å²) in [6, 6.07) is 13.0. The zero-order valence-corrected chi connectivity index (χ0v) is 15.1. The summed E-state index contributed by atoms with van der Waals surface area (Å²) in [7, 11) is 0. The molecule has 4 nitrogen and oxygen atoms in total. The molecule has 140 valence electrons. The summed E-state index contributed by atoms with van der Waals surface area (Å²) in [6.45, 7) is -0.0497. The molecule has 0 radical (unpaired) electrons. The molecule has 1 aromatic heterocycles. The number of halogens is 5. The molecule has 0 fully saturated rings. The normalized spacial score (nSPS) is 11.4. The first kappa shape index (κ1) is 19.3. The topological polar surface area (TPSA) is 57.8 Å². The number of aromatic amines is 1. The van der Waals surface area contributed by atoms with Crippen LogP contribution in [-0.4, -0.2) is 15.9 Å². The minimum Gasteiger partial charge on any atom is -0.347 e. The van der Waals surface area contributed by atoms with Crippen LogP contribution in [0, 0.1) is 0 Å². The lowest BCUT2D eigenvalue weighted by molar-refractivity contribution is -0.144. The third kappa shape index (κ3) is 4.26. The minimum absolute atomic E-state index is 0.0497. The Balaban J connectivity index is 1.93. The first-order valence-corrected chi connectivity index (χ1v) is 8.46. The number of amides is 1. The van der Waals surface area contributed by atoms with E-state index < -0.39 is 17.9 Å². The van der Waals surface area contributed by atoms with Gasteiger partial charge in [0.15, 0.2) is 0 Å². The molecule has 0 aliphatic rings. The van der Waals surface area contributed by atoms with Crippen LogP contribution in [-0.2, 0) is 12.7 Å². The van der Waals surface area contributed by atoms with Crippen LogP contribution < -0.4 is 5.32 Å². The SMILES string of the molecule is O=C(NCc1c(Cl)cccc1Cl)c1[nH]c(C(F)(F)F)nc1-c1ccccc1. The molecular formula is C18H12Cl2F3N3O. The van der Waals surface area contributed by atoms with Gasteiger partial charge in [0.2, 0.25) is 5.82 Å². The van der Waals surface area contributed by atoms with Crippen molar-refractivity contribution >= 4 is 29.1 Å². The Morgan fingerprint density at radius 3 is 2.26 bits per heavy atom. The molecule has 3 rings (SSSR count). The lowest BCUT2D eigenvalue weighted by Gasteiger charge is -2.09. The molecule has 27 heavy (non-hydrogen) atoms. The maximum Gasteiger partial charge on any atom is 0.449 e. The van der Waals surface area contributed by atoms with Crippen molar-refractivity contribution in [2.75, 3.05) is 0 Å². The van der Waals surface area contributed by atoms with Crippen molar-refractivity contribution in [1.82, 2.24) is 15.3 Å². The molecular weight excluding hydrogens is 402 g/mol. The number of benzene rings is 2. The number of carbonyl (C=O) groups is 1. The van der Waals surface area contributed by atoms with Crippen molar-refractivity contribution in [3.8, 4) is 11.3 Å². The molecule has 0 saturated carbocycles. The maximum absolute atomic E-state index is 13.1. The highest BCUT2D eigenvalue weighted by Gasteiger charge is 2.37. The second-order valence-corrected chi connectivity index (χ2v) is 6.37. The lowest BCUT2D eigenvalue weighted by atomic mass is 10.1. The van der Waals surface area contributed by atoms with Crippen molar-refractivity contribution < 1.29 is 18.0 Å². The van der Waals surface area contributed by atoms with Gasteiger partial charge in [0.05, 0.1) is 0 Å². The highest BCUT2D eigenvalue weighted by Crippen LogP contribution is 2.31. The van der Waals surface area contributed by atoms with Crippen LogP contribution in [0.2, 0.25) is 10.0 Å². The van der Waals surface area contributed by atoms with Crippen LogP contribution in [0.1, 0.15) is 21.9 Å². The number of rotatable bonds is 4. The van der Waals surface area contributed by atoms with Crippen LogP contribution >= 0.6 is 23.2 Å². The van der Waals surface area contributed by atoms with E-state index in [2.05, 4.69) is 15.3 Å². The number of hydrogen-bond donors (Lipinski definition) is 2. The van der Waals surface area contributed by atoms with Gasteiger partial charge >= 0.3 is 6.18 Å². The smallest absolute Gasteiger partial charge is 0.347 e. The number of hydrogen-bond acceptors (Lipinski definition) is 2. The Bertz CT molecular complexity index is 951. The highest BCUT2D eigenvalue weighted by atomic mass is 35.5. The average Bonchev–Trinajstić information content (AvgIpc) is 3.08. The van der Waals surface area contributed by atoms with E-state index in [1.54, 1.807) is 48.5 Å². The van der Waals surface area contributed by atoms with Gasteiger partial charge in [-0.05, 0) is 12.1 Å². The maximum atomic E-state index is 13.1. The molecule has 0 bridgehead atoms. The number of imidazole rings is 1. The van der Waals surface area contributed by atoms with Crippen molar-refractivity contribution in [3.05, 3.63) is 75.7 Å². The predicted octanol–water partition coefficient (Wildman–Crippen LogP) is 5.33. The number of nitrogens with zero attached hydrogens (tertiary/aromatic N) is 1. The number of nitrogens with one attached hydrogen (secondary N) is 2. The van der Waals surface area contributed by atoms with Crippen molar-refractivity contribution in [3.63, 3.8) is 0 Å². The molecule has 1 amide bonds. The van der Waals surface area contributed by atoms with E-state index in [0.29, 0.717) is 21.2 Å². The summed E-state index contributed by atoms with van der Waals surface area (Å²) < 4.78 is 39.2. The van der Waals surface area contributed by atoms with Crippen LogP contribution in [0.4, 0.5) is 13.2 Å². The standard InChI is InChI=1S/C18H12Cl2F3N3O/c19-12-7-4-8-13(20)11(12)9-24-16(27)15-14(10-5-2-1-3-6-10)25-17(26-15)18(21,22)23/h1-8H,9H2,(H,24,27)(H,25,26). The number of H-pyrrole nitrogens is 1. The molecule has 0 aliphatic heterocycles. The van der Waals surface area contributed by atoms with Crippen LogP contribution in [0.3, 0.4) is 0 Å². The summed E-state index contributed by atoms with van der Waals surface area (Å²) in [5.41, 5.74) is 0.457. The summed E-state index contributed by atoms with van der Waals surface area (Å²) in [5.74, 6) is -2.00. The van der Waals surface area contributed by atoms with Gasteiger partial charge in [-0.3, -0.25) is 4.79 Å². The molecule has 0 saturated heterocycles. The summed E-state index contributed by atoms with van der Waals surface area (Å²) in [6.07, 6.45) is -4.71. The van der Waals surface area contributed by atoms with E-state index >= 15 is 0 Å². The van der Waals surface area contributed by atoms with Gasteiger partial charge in [-0.2, -0.15) is 13.2 Å². The largest absolute Gasteiger partial charge is 0.449 e. The van der Waals surface area contributed by atoms with Gasteiger partial charge < -0.3 is 10.3 Å². The van der Waals surface area contributed by atoms with Crippen LogP contribution in [0.5, 0.6) is 0 Å². The minimum atomic E-state index is -4.71. The lowest BCUT2D eigenvalue weighted by Crippen LogP contribution is -2.24. The van der Waals surface area contributed by atoms with E-state index in [4.69, 9.17) is 23.2 Å². The van der Waals surface area contributed by atoms with Gasteiger partial charge in [-0.25, -0.2) is 4.98 Å². The van der Waals surface area contributed by atoms with Gasteiger partial charge in [0, 0.05) is 27.7 Å². The Labute approximate surface area is 162 Å². The molecule has 3 aromatic rings. The predicted molar refractivity (Wildman–Crippen MR) is 96.7 cm³/mol. The quantitative estimate of drug-likeness (QED) is 0.606. The average molecular weight is 414 g/mol. The van der Waals surface area contributed by atoms with Gasteiger partial charge in [0.25, 0.3) is 5.91 Å². The number of carbonyl (C=O) groups excluding carboxylic acids is 1. The Hall–Kier alpha value is -2.51. The Morgan fingerprint density at radius 1 is 1.04 bits per heavy atom. The first-order chi connectivity index (χ1) is 12.8. The second kappa shape index (κ2) is 7.62. The third-order valence-electron chi connectivity index (χ3n) is 3.73. The third-order valence-corrected chi connectivity index (χ3v) is 4.44. The number of aromatic nitrogens is 2. The molecule has 0 unspecified atom stereocenters. The fourth-order valence-corrected chi connectivity index (χ4v) is 2.97. The summed E-state index contributed by atoms with van der Waals surface area (Å²) in [5, 5.41) is 3.20. The van der Waals surface area contributed by atoms with E-state index in [1.807, 2.05) is 0 Å². The number of alkyl halides is 3. The molecule has 2 N–H and O–H groups in total. The van der Waals surface area contributed by atoms with E-state index in [0.717, 1.165) is 0 Å². The van der Waals surface area contributed by atoms with Crippen molar-refractivity contribution in [2.45, 2.75) is 12.7 Å². The first-order valence-electron chi connectivity index (χ1n) is 7.71. The van der Waals surface area contributed by atoms with E-state index in [1.165, 1.54) is 0 Å². The van der Waals surface area contributed by atoms with Gasteiger partial charge in [-0.1, -0.05) is 59.6 Å². The second-order valence-electron chi connectivity index (χ2n) is 5.56. The monoisotopic (exact) mass is 413 g/mol. The van der Waals surface area contributed by atoms with Crippen LogP contribution in [0.25, 0.3) is 11.3 Å². The zero-order valence-electron chi connectivity index (χ0n) is 13.6. The fraction of sp³-hybridized carbons (Fsp3) is 0.111. The summed E-state index contributed by atoms with van der Waals surface area (Å²) in [4.78, 5) is 18.2. The highest BCUT2D eigenvalue weighted by molar-refractivity contribution is 6.36. The Morgan fingerprint density at radius 2 is 1.67 bits per heavy atom. The molecule has 9 heteroatoms. The van der Waals surface area contributed by atoms with Crippen molar-refractivity contribution in [2.24, 2.45) is 0 Å². The molecule has 0 atom stereocenters. The fourth-order valence-electron chi connectivity index (χ4n) is 2.43. The molecule has 2 aromatic carbocycles. The van der Waals surface area contributed by atoms with E-state index in [9.17, 15) is 18.0 Å². The molecule has 0 spiro atoms. The van der Waals surface area contributed by atoms with Crippen molar-refractivity contribution in [1.29, 1.82) is 0 Å². The van der Waals surface area contributed by atoms with E-state index in [-0.39, 0.29) is 17.9 Å².